The van der Waals surface area contributed by atoms with Gasteiger partial charge < -0.3 is 11.1 Å². The number of rotatable bonds is 5. The molecule has 0 aliphatic heterocycles. The number of halogens is 2. The maximum atomic E-state index is 12.9. The zero-order valence-electron chi connectivity index (χ0n) is 9.84. The van der Waals surface area contributed by atoms with Gasteiger partial charge in [-0.2, -0.15) is 0 Å². The lowest BCUT2D eigenvalue weighted by Gasteiger charge is -2.19. The van der Waals surface area contributed by atoms with Gasteiger partial charge in [0.15, 0.2) is 0 Å². The monoisotopic (exact) mass is 302 g/mol. The van der Waals surface area contributed by atoms with Crippen LogP contribution in [-0.2, 0) is 11.3 Å². The average molecular weight is 303 g/mol. The molecule has 0 radical (unpaired) electrons. The van der Waals surface area contributed by atoms with Crippen LogP contribution in [0.3, 0.4) is 0 Å². The Balaban J connectivity index is 2.69. The summed E-state index contributed by atoms with van der Waals surface area (Å²) in [6.07, 6.45) is 0. The number of carbonyl (C=O) groups excluding carboxylic acids is 1. The second-order valence-electron chi connectivity index (χ2n) is 4.24. The molecule has 17 heavy (non-hydrogen) atoms. The van der Waals surface area contributed by atoms with Crippen molar-refractivity contribution in [2.45, 2.75) is 26.4 Å². The molecule has 0 saturated carbocycles. The molecule has 0 spiro atoms. The zero-order chi connectivity index (χ0) is 13.0. The molecule has 5 heteroatoms. The highest BCUT2D eigenvalue weighted by atomic mass is 79.9. The standard InChI is InChI=1S/C12H16BrFN2O/c1-7(2)11(12(15)17)16-6-8-3-4-9(14)5-10(8)13/h3-5,7,11,16H,6H2,1-2H3,(H2,15,17). The first-order valence-corrected chi connectivity index (χ1v) is 6.17. The SMILES string of the molecule is CC(C)C(NCc1ccc(F)cc1Br)C(N)=O. The highest BCUT2D eigenvalue weighted by Crippen LogP contribution is 2.18. The summed E-state index contributed by atoms with van der Waals surface area (Å²) in [5.74, 6) is -0.555. The molecule has 3 N–H and O–H groups in total. The zero-order valence-corrected chi connectivity index (χ0v) is 11.4. The maximum Gasteiger partial charge on any atom is 0.234 e. The first kappa shape index (κ1) is 14.1. The van der Waals surface area contributed by atoms with E-state index in [0.717, 1.165) is 5.56 Å². The van der Waals surface area contributed by atoms with Crippen LogP contribution < -0.4 is 11.1 Å². The Labute approximate surface area is 109 Å². The summed E-state index contributed by atoms with van der Waals surface area (Å²) in [4.78, 5) is 11.2. The van der Waals surface area contributed by atoms with E-state index >= 15 is 0 Å². The minimum atomic E-state index is -0.382. The number of nitrogens with two attached hydrogens (primary N) is 1. The van der Waals surface area contributed by atoms with Gasteiger partial charge in [0.05, 0.1) is 6.04 Å². The summed E-state index contributed by atoms with van der Waals surface area (Å²) in [6, 6.07) is 4.07. The first-order valence-electron chi connectivity index (χ1n) is 5.38. The Morgan fingerprint density at radius 2 is 2.18 bits per heavy atom. The molecule has 94 valence electrons. The number of hydrogen-bond acceptors (Lipinski definition) is 2. The Bertz CT molecular complexity index is 409. The number of hydrogen-bond donors (Lipinski definition) is 2. The van der Waals surface area contributed by atoms with Crippen LogP contribution in [0.25, 0.3) is 0 Å². The molecule has 0 fully saturated rings. The fourth-order valence-corrected chi connectivity index (χ4v) is 2.04. The molecule has 1 atom stereocenters. The topological polar surface area (TPSA) is 55.1 Å². The van der Waals surface area contributed by atoms with Crippen molar-refractivity contribution in [3.8, 4) is 0 Å². The van der Waals surface area contributed by atoms with Gasteiger partial charge in [-0.05, 0) is 23.6 Å². The normalized spacial score (nSPS) is 12.8. The van der Waals surface area contributed by atoms with E-state index in [4.69, 9.17) is 5.73 Å². The third-order valence-electron chi connectivity index (χ3n) is 2.50. The Kier molecular flexibility index (Phi) is 5.08. The van der Waals surface area contributed by atoms with Crippen LogP contribution in [0, 0.1) is 11.7 Å². The van der Waals surface area contributed by atoms with Gasteiger partial charge in [0.25, 0.3) is 0 Å². The molecule has 0 heterocycles. The highest BCUT2D eigenvalue weighted by molar-refractivity contribution is 9.10. The van der Waals surface area contributed by atoms with Crippen molar-refractivity contribution in [1.82, 2.24) is 5.32 Å². The molecule has 1 unspecified atom stereocenters. The fourth-order valence-electron chi connectivity index (χ4n) is 1.55. The van der Waals surface area contributed by atoms with Crippen LogP contribution in [0.5, 0.6) is 0 Å². The molecule has 1 rings (SSSR count). The highest BCUT2D eigenvalue weighted by Gasteiger charge is 2.18. The van der Waals surface area contributed by atoms with E-state index in [1.54, 1.807) is 6.07 Å². The minimum absolute atomic E-state index is 0.117. The lowest BCUT2D eigenvalue weighted by atomic mass is 10.0. The first-order chi connectivity index (χ1) is 7.91. The van der Waals surface area contributed by atoms with Gasteiger partial charge in [-0.1, -0.05) is 35.8 Å². The van der Waals surface area contributed by atoms with E-state index in [1.807, 2.05) is 13.8 Å². The summed E-state index contributed by atoms with van der Waals surface area (Å²) < 4.78 is 13.6. The van der Waals surface area contributed by atoms with E-state index in [0.29, 0.717) is 11.0 Å². The average Bonchev–Trinajstić information content (AvgIpc) is 2.20. The van der Waals surface area contributed by atoms with E-state index < -0.39 is 0 Å². The van der Waals surface area contributed by atoms with Gasteiger partial charge in [0, 0.05) is 11.0 Å². The molecule has 1 aromatic carbocycles. The quantitative estimate of drug-likeness (QED) is 0.876. The van der Waals surface area contributed by atoms with Crippen LogP contribution >= 0.6 is 15.9 Å². The second kappa shape index (κ2) is 6.12. The number of carbonyl (C=O) groups is 1. The van der Waals surface area contributed by atoms with Gasteiger partial charge in [0.2, 0.25) is 5.91 Å². The molecular weight excluding hydrogens is 287 g/mol. The van der Waals surface area contributed by atoms with E-state index in [2.05, 4.69) is 21.2 Å². The number of benzene rings is 1. The van der Waals surface area contributed by atoms with Gasteiger partial charge in [0.1, 0.15) is 5.82 Å². The molecule has 0 saturated heterocycles. The van der Waals surface area contributed by atoms with Crippen LogP contribution in [0.1, 0.15) is 19.4 Å². The van der Waals surface area contributed by atoms with Gasteiger partial charge in [-0.15, -0.1) is 0 Å². The molecule has 0 aliphatic carbocycles. The van der Waals surface area contributed by atoms with Crippen LogP contribution in [0.15, 0.2) is 22.7 Å². The van der Waals surface area contributed by atoms with Gasteiger partial charge in [-0.25, -0.2) is 4.39 Å². The van der Waals surface area contributed by atoms with Crippen molar-refractivity contribution in [2.24, 2.45) is 11.7 Å². The Morgan fingerprint density at radius 3 is 2.65 bits per heavy atom. The summed E-state index contributed by atoms with van der Waals surface area (Å²) in [5, 5.41) is 3.07. The van der Waals surface area contributed by atoms with Crippen molar-refractivity contribution in [2.75, 3.05) is 0 Å². The summed E-state index contributed by atoms with van der Waals surface area (Å²) >= 11 is 3.28. The Hall–Kier alpha value is -0.940. The molecule has 0 aromatic heterocycles. The van der Waals surface area contributed by atoms with Crippen LogP contribution in [-0.4, -0.2) is 11.9 Å². The van der Waals surface area contributed by atoms with Crippen molar-refractivity contribution in [3.05, 3.63) is 34.1 Å². The number of amides is 1. The number of nitrogens with one attached hydrogen (secondary N) is 1. The van der Waals surface area contributed by atoms with E-state index in [1.165, 1.54) is 12.1 Å². The molecule has 1 amide bonds. The van der Waals surface area contributed by atoms with Crippen molar-refractivity contribution < 1.29 is 9.18 Å². The van der Waals surface area contributed by atoms with Crippen molar-refractivity contribution in [3.63, 3.8) is 0 Å². The predicted molar refractivity (Wildman–Crippen MR) is 68.8 cm³/mol. The van der Waals surface area contributed by atoms with Gasteiger partial charge >= 0.3 is 0 Å². The smallest absolute Gasteiger partial charge is 0.234 e. The van der Waals surface area contributed by atoms with Crippen molar-refractivity contribution >= 4 is 21.8 Å². The molecule has 3 nitrogen and oxygen atoms in total. The van der Waals surface area contributed by atoms with Crippen molar-refractivity contribution in [1.29, 1.82) is 0 Å². The third kappa shape index (κ3) is 4.09. The fraction of sp³-hybridized carbons (Fsp3) is 0.417. The molecule has 1 aromatic rings. The number of primary amides is 1. The predicted octanol–water partition coefficient (Wildman–Crippen LogP) is 2.19. The van der Waals surface area contributed by atoms with Gasteiger partial charge in [-0.3, -0.25) is 4.79 Å². The Morgan fingerprint density at radius 1 is 1.53 bits per heavy atom. The largest absolute Gasteiger partial charge is 0.368 e. The lowest BCUT2D eigenvalue weighted by Crippen LogP contribution is -2.44. The summed E-state index contributed by atoms with van der Waals surface area (Å²) in [6.45, 7) is 4.30. The maximum absolute atomic E-state index is 12.9. The lowest BCUT2D eigenvalue weighted by molar-refractivity contribution is -0.121. The molecule has 0 aliphatic rings. The molecular formula is C12H16BrFN2O. The van der Waals surface area contributed by atoms with Crippen LogP contribution in [0.2, 0.25) is 0 Å². The summed E-state index contributed by atoms with van der Waals surface area (Å²) in [5.41, 5.74) is 6.18. The second-order valence-corrected chi connectivity index (χ2v) is 5.10. The minimum Gasteiger partial charge on any atom is -0.368 e. The third-order valence-corrected chi connectivity index (χ3v) is 3.24. The summed E-state index contributed by atoms with van der Waals surface area (Å²) in [7, 11) is 0. The molecule has 0 bridgehead atoms. The van der Waals surface area contributed by atoms with E-state index in [-0.39, 0.29) is 23.7 Å². The van der Waals surface area contributed by atoms with Crippen LogP contribution in [0.4, 0.5) is 4.39 Å². The van der Waals surface area contributed by atoms with E-state index in [9.17, 15) is 9.18 Å².